The Morgan fingerprint density at radius 3 is 2.47 bits per heavy atom. The van der Waals surface area contributed by atoms with Crippen molar-refractivity contribution in [2.75, 3.05) is 0 Å². The van der Waals surface area contributed by atoms with Gasteiger partial charge in [-0.2, -0.15) is 0 Å². The Hall–Kier alpha value is -0.960. The predicted octanol–water partition coefficient (Wildman–Crippen LogP) is 3.45. The summed E-state index contributed by atoms with van der Waals surface area (Å²) in [5.41, 5.74) is -0.348. The fraction of sp³-hybridized carbons (Fsp3) is 0.571. The third-order valence-corrected chi connectivity index (χ3v) is 3.61. The molecule has 1 aromatic carbocycles. The van der Waals surface area contributed by atoms with E-state index < -0.39 is 17.2 Å². The molecule has 0 saturated heterocycles. The van der Waals surface area contributed by atoms with E-state index in [2.05, 4.69) is 13.8 Å². The van der Waals surface area contributed by atoms with Gasteiger partial charge in [0.2, 0.25) is 0 Å². The molecule has 1 fully saturated rings. The Balaban J connectivity index is 2.16. The van der Waals surface area contributed by atoms with Crippen LogP contribution in [0.15, 0.2) is 18.2 Å². The van der Waals surface area contributed by atoms with Crippen LogP contribution < -0.4 is 0 Å². The summed E-state index contributed by atoms with van der Waals surface area (Å²) in [5.74, 6) is -1.15. The van der Waals surface area contributed by atoms with Crippen LogP contribution in [0.3, 0.4) is 0 Å². The quantitative estimate of drug-likeness (QED) is 0.839. The van der Waals surface area contributed by atoms with Crippen LogP contribution in [0.4, 0.5) is 8.78 Å². The van der Waals surface area contributed by atoms with E-state index in [1.165, 1.54) is 12.1 Å². The number of hydrogen-bond acceptors (Lipinski definition) is 1. The van der Waals surface area contributed by atoms with Gasteiger partial charge in [-0.05, 0) is 36.3 Å². The second kappa shape index (κ2) is 4.05. The standard InChI is InChI=1S/C14H18F2O/c1-13(2)5-6-14(17,9-13)8-10-3-4-11(15)7-12(10)16/h3-4,7,17H,5-6,8-9H2,1-2H3. The third-order valence-electron chi connectivity index (χ3n) is 3.61. The van der Waals surface area contributed by atoms with Gasteiger partial charge in [0.15, 0.2) is 0 Å². The molecular weight excluding hydrogens is 222 g/mol. The van der Waals surface area contributed by atoms with Crippen LogP contribution in [0.2, 0.25) is 0 Å². The zero-order valence-corrected chi connectivity index (χ0v) is 10.3. The summed E-state index contributed by atoms with van der Waals surface area (Å²) >= 11 is 0. The Bertz CT molecular complexity index is 428. The number of aliphatic hydroxyl groups is 1. The molecule has 0 aliphatic heterocycles. The van der Waals surface area contributed by atoms with Crippen molar-refractivity contribution in [3.8, 4) is 0 Å². The van der Waals surface area contributed by atoms with Crippen molar-refractivity contribution in [2.24, 2.45) is 5.41 Å². The molecule has 1 atom stereocenters. The maximum Gasteiger partial charge on any atom is 0.129 e. The number of benzene rings is 1. The van der Waals surface area contributed by atoms with Crippen LogP contribution in [0.5, 0.6) is 0 Å². The summed E-state index contributed by atoms with van der Waals surface area (Å²) in [4.78, 5) is 0. The van der Waals surface area contributed by atoms with Crippen LogP contribution in [0, 0.1) is 17.0 Å². The molecule has 0 aromatic heterocycles. The molecule has 0 radical (unpaired) electrons. The molecule has 0 bridgehead atoms. The predicted molar refractivity (Wildman–Crippen MR) is 62.6 cm³/mol. The fourth-order valence-corrected chi connectivity index (χ4v) is 2.81. The van der Waals surface area contributed by atoms with Crippen LogP contribution in [0.1, 0.15) is 38.7 Å². The zero-order chi connectivity index (χ0) is 12.7. The lowest BCUT2D eigenvalue weighted by molar-refractivity contribution is 0.0370. The van der Waals surface area contributed by atoms with Crippen LogP contribution in [-0.4, -0.2) is 10.7 Å². The summed E-state index contributed by atoms with van der Waals surface area (Å²) in [7, 11) is 0. The average Bonchev–Trinajstić information content (AvgIpc) is 2.46. The first-order valence-electron chi connectivity index (χ1n) is 5.96. The second-order valence-corrected chi connectivity index (χ2v) is 5.98. The SMILES string of the molecule is CC1(C)CCC(O)(Cc2ccc(F)cc2F)C1. The van der Waals surface area contributed by atoms with Crippen molar-refractivity contribution >= 4 is 0 Å². The Kier molecular flexibility index (Phi) is 2.98. The van der Waals surface area contributed by atoms with Crippen molar-refractivity contribution in [2.45, 2.75) is 45.1 Å². The van der Waals surface area contributed by atoms with E-state index in [4.69, 9.17) is 0 Å². The summed E-state index contributed by atoms with van der Waals surface area (Å²) < 4.78 is 26.3. The number of rotatable bonds is 2. The first kappa shape index (κ1) is 12.5. The minimum atomic E-state index is -0.845. The van der Waals surface area contributed by atoms with E-state index in [1.807, 2.05) is 0 Å². The smallest absolute Gasteiger partial charge is 0.129 e. The lowest BCUT2D eigenvalue weighted by atomic mass is 9.86. The topological polar surface area (TPSA) is 20.2 Å². The van der Waals surface area contributed by atoms with Gasteiger partial charge in [-0.1, -0.05) is 19.9 Å². The van der Waals surface area contributed by atoms with E-state index >= 15 is 0 Å². The number of halogens is 2. The van der Waals surface area contributed by atoms with Crippen LogP contribution in [0.25, 0.3) is 0 Å². The Labute approximate surface area is 100 Å². The monoisotopic (exact) mass is 240 g/mol. The molecule has 3 heteroatoms. The highest BCUT2D eigenvalue weighted by Crippen LogP contribution is 2.45. The summed E-state index contributed by atoms with van der Waals surface area (Å²) in [6, 6.07) is 3.54. The van der Waals surface area contributed by atoms with Gasteiger partial charge < -0.3 is 5.11 Å². The van der Waals surface area contributed by atoms with Crippen molar-refractivity contribution in [3.05, 3.63) is 35.4 Å². The molecule has 1 aliphatic rings. The molecule has 2 rings (SSSR count). The van der Waals surface area contributed by atoms with Crippen LogP contribution in [-0.2, 0) is 6.42 Å². The molecule has 17 heavy (non-hydrogen) atoms. The molecule has 1 saturated carbocycles. The molecular formula is C14H18F2O. The van der Waals surface area contributed by atoms with Crippen molar-refractivity contribution in [3.63, 3.8) is 0 Å². The zero-order valence-electron chi connectivity index (χ0n) is 10.3. The van der Waals surface area contributed by atoms with E-state index in [1.54, 1.807) is 0 Å². The maximum absolute atomic E-state index is 13.5. The van der Waals surface area contributed by atoms with Crippen molar-refractivity contribution < 1.29 is 13.9 Å². The number of hydrogen-bond donors (Lipinski definition) is 1. The van der Waals surface area contributed by atoms with Gasteiger partial charge in [0.25, 0.3) is 0 Å². The van der Waals surface area contributed by atoms with Gasteiger partial charge in [-0.25, -0.2) is 8.78 Å². The first-order valence-corrected chi connectivity index (χ1v) is 5.96. The van der Waals surface area contributed by atoms with E-state index in [9.17, 15) is 13.9 Å². The normalized spacial score (nSPS) is 27.4. The largest absolute Gasteiger partial charge is 0.390 e. The molecule has 1 N–H and O–H groups in total. The lowest BCUT2D eigenvalue weighted by Crippen LogP contribution is -2.29. The van der Waals surface area contributed by atoms with E-state index in [-0.39, 0.29) is 11.8 Å². The molecule has 1 unspecified atom stereocenters. The Morgan fingerprint density at radius 2 is 1.94 bits per heavy atom. The third kappa shape index (κ3) is 2.83. The fourth-order valence-electron chi connectivity index (χ4n) is 2.81. The molecule has 94 valence electrons. The molecule has 1 aliphatic carbocycles. The van der Waals surface area contributed by atoms with Crippen LogP contribution >= 0.6 is 0 Å². The summed E-state index contributed by atoms with van der Waals surface area (Å²) in [5, 5.41) is 10.4. The lowest BCUT2D eigenvalue weighted by Gasteiger charge is -2.25. The van der Waals surface area contributed by atoms with Gasteiger partial charge in [0.05, 0.1) is 5.60 Å². The summed E-state index contributed by atoms with van der Waals surface area (Å²) in [6.07, 6.45) is 2.54. The molecule has 0 amide bonds. The molecule has 0 heterocycles. The average molecular weight is 240 g/mol. The van der Waals surface area contributed by atoms with Gasteiger partial charge >= 0.3 is 0 Å². The van der Waals surface area contributed by atoms with Crippen molar-refractivity contribution in [1.82, 2.24) is 0 Å². The second-order valence-electron chi connectivity index (χ2n) is 5.98. The highest BCUT2D eigenvalue weighted by molar-refractivity contribution is 5.21. The highest BCUT2D eigenvalue weighted by atomic mass is 19.1. The van der Waals surface area contributed by atoms with Crippen molar-refractivity contribution in [1.29, 1.82) is 0 Å². The summed E-state index contributed by atoms with van der Waals surface area (Å²) in [6.45, 7) is 4.21. The van der Waals surface area contributed by atoms with Gasteiger partial charge in [-0.15, -0.1) is 0 Å². The Morgan fingerprint density at radius 1 is 1.24 bits per heavy atom. The minimum absolute atomic E-state index is 0.102. The molecule has 1 aromatic rings. The van der Waals surface area contributed by atoms with E-state index in [0.717, 1.165) is 12.5 Å². The highest BCUT2D eigenvalue weighted by Gasteiger charge is 2.41. The minimum Gasteiger partial charge on any atom is -0.390 e. The van der Waals surface area contributed by atoms with E-state index in [0.29, 0.717) is 18.4 Å². The maximum atomic E-state index is 13.5. The van der Waals surface area contributed by atoms with Gasteiger partial charge in [0, 0.05) is 12.5 Å². The van der Waals surface area contributed by atoms with Gasteiger partial charge in [0.1, 0.15) is 11.6 Å². The first-order chi connectivity index (χ1) is 7.80. The van der Waals surface area contributed by atoms with Gasteiger partial charge in [-0.3, -0.25) is 0 Å². The molecule has 0 spiro atoms. The molecule has 1 nitrogen and oxygen atoms in total.